The van der Waals surface area contributed by atoms with Crippen LogP contribution in [-0.4, -0.2) is 23.0 Å². The number of rotatable bonds is 6. The van der Waals surface area contributed by atoms with Crippen LogP contribution in [0.15, 0.2) is 96.2 Å². The van der Waals surface area contributed by atoms with Gasteiger partial charge in [0.2, 0.25) is 0 Å². The van der Waals surface area contributed by atoms with Gasteiger partial charge in [-0.2, -0.15) is 5.10 Å². The highest BCUT2D eigenvalue weighted by Gasteiger charge is 2.14. The first-order valence-corrected chi connectivity index (χ1v) is 12.0. The van der Waals surface area contributed by atoms with Gasteiger partial charge in [0, 0.05) is 28.8 Å². The molecule has 0 bridgehead atoms. The van der Waals surface area contributed by atoms with E-state index in [0.717, 1.165) is 22.4 Å². The van der Waals surface area contributed by atoms with Crippen molar-refractivity contribution in [3.05, 3.63) is 96.8 Å². The summed E-state index contributed by atoms with van der Waals surface area (Å²) in [6, 6.07) is 23.1. The number of hydrogen-bond acceptors (Lipinski definition) is 6. The van der Waals surface area contributed by atoms with Gasteiger partial charge in [-0.1, -0.05) is 29.8 Å². The van der Waals surface area contributed by atoms with E-state index in [1.807, 2.05) is 43.5 Å². The zero-order valence-electron chi connectivity index (χ0n) is 18.3. The van der Waals surface area contributed by atoms with Gasteiger partial charge in [-0.05, 0) is 67.1 Å². The van der Waals surface area contributed by atoms with Crippen LogP contribution in [0.1, 0.15) is 5.56 Å². The number of nitrogens with two attached hydrogens (primary N) is 1. The number of nitrogen functional groups attached to an aromatic ring is 1. The Bertz CT molecular complexity index is 1580. The van der Waals surface area contributed by atoms with E-state index in [4.69, 9.17) is 10.7 Å². The van der Waals surface area contributed by atoms with Crippen LogP contribution in [0.25, 0.3) is 16.8 Å². The number of benzene rings is 3. The average Bonchev–Trinajstić information content (AvgIpc) is 3.24. The molecule has 4 N–H and O–H groups in total. The second kappa shape index (κ2) is 8.53. The van der Waals surface area contributed by atoms with E-state index in [-0.39, 0.29) is 4.90 Å². The predicted molar refractivity (Wildman–Crippen MR) is 135 cm³/mol. The SMILES string of the molecule is Cc1ccc(S(=O)(=O)Nc2ccc(Nc3ccn4ncc(-c5cccc(N)c5)c4n3)cc2)cc1. The van der Waals surface area contributed by atoms with Crippen LogP contribution < -0.4 is 15.8 Å². The van der Waals surface area contributed by atoms with Crippen molar-refractivity contribution in [2.45, 2.75) is 11.8 Å². The normalized spacial score (nSPS) is 11.4. The molecule has 0 unspecified atom stereocenters. The molecule has 5 rings (SSSR count). The molecule has 0 fully saturated rings. The van der Waals surface area contributed by atoms with Gasteiger partial charge in [0.25, 0.3) is 10.0 Å². The minimum atomic E-state index is -3.66. The average molecular weight is 471 g/mol. The lowest BCUT2D eigenvalue weighted by molar-refractivity contribution is 0.601. The zero-order valence-corrected chi connectivity index (χ0v) is 19.1. The number of aryl methyl sites for hydroxylation is 1. The summed E-state index contributed by atoms with van der Waals surface area (Å²) in [4.78, 5) is 4.92. The highest BCUT2D eigenvalue weighted by molar-refractivity contribution is 7.92. The van der Waals surface area contributed by atoms with Crippen molar-refractivity contribution >= 4 is 38.6 Å². The van der Waals surface area contributed by atoms with E-state index in [2.05, 4.69) is 15.1 Å². The van der Waals surface area contributed by atoms with Crippen molar-refractivity contribution in [1.82, 2.24) is 14.6 Å². The number of sulfonamides is 1. The molecule has 9 heteroatoms. The van der Waals surface area contributed by atoms with Gasteiger partial charge in [0.1, 0.15) is 5.82 Å². The van der Waals surface area contributed by atoms with E-state index in [0.29, 0.717) is 22.8 Å². The summed E-state index contributed by atoms with van der Waals surface area (Å²) in [5.41, 5.74) is 11.3. The molecule has 170 valence electrons. The fourth-order valence-corrected chi connectivity index (χ4v) is 4.61. The smallest absolute Gasteiger partial charge is 0.261 e. The molecule has 0 amide bonds. The van der Waals surface area contributed by atoms with Crippen LogP contribution in [0.5, 0.6) is 0 Å². The maximum absolute atomic E-state index is 12.6. The van der Waals surface area contributed by atoms with Gasteiger partial charge in [0.15, 0.2) is 5.65 Å². The Balaban J connectivity index is 1.35. The van der Waals surface area contributed by atoms with Gasteiger partial charge < -0.3 is 11.1 Å². The molecule has 8 nitrogen and oxygen atoms in total. The third-order valence-electron chi connectivity index (χ3n) is 5.31. The van der Waals surface area contributed by atoms with Crippen LogP contribution >= 0.6 is 0 Å². The number of hydrogen-bond donors (Lipinski definition) is 3. The highest BCUT2D eigenvalue weighted by Crippen LogP contribution is 2.27. The molecular formula is C25H22N6O2S. The summed E-state index contributed by atoms with van der Waals surface area (Å²) in [5.74, 6) is 0.631. The molecule has 0 radical (unpaired) electrons. The fraction of sp³-hybridized carbons (Fsp3) is 0.0400. The van der Waals surface area contributed by atoms with Crippen molar-refractivity contribution in [2.75, 3.05) is 15.8 Å². The number of nitrogens with one attached hydrogen (secondary N) is 2. The fourth-order valence-electron chi connectivity index (χ4n) is 3.55. The summed E-state index contributed by atoms with van der Waals surface area (Å²) in [6.07, 6.45) is 3.58. The lowest BCUT2D eigenvalue weighted by Crippen LogP contribution is -2.12. The summed E-state index contributed by atoms with van der Waals surface area (Å²) < 4.78 is 29.5. The third-order valence-corrected chi connectivity index (χ3v) is 6.70. The number of aromatic nitrogens is 3. The molecule has 0 saturated carbocycles. The number of fused-ring (bicyclic) bond motifs is 1. The molecule has 0 spiro atoms. The minimum Gasteiger partial charge on any atom is -0.399 e. The molecule has 34 heavy (non-hydrogen) atoms. The molecule has 0 aliphatic heterocycles. The Labute approximate surface area is 197 Å². The van der Waals surface area contributed by atoms with Gasteiger partial charge in [0.05, 0.1) is 11.1 Å². The molecule has 5 aromatic rings. The van der Waals surface area contributed by atoms with Crippen LogP contribution in [-0.2, 0) is 10.0 Å². The number of anilines is 4. The van der Waals surface area contributed by atoms with Gasteiger partial charge in [-0.3, -0.25) is 4.72 Å². The predicted octanol–water partition coefficient (Wildman–Crippen LogP) is 4.83. The van der Waals surface area contributed by atoms with E-state index in [9.17, 15) is 8.42 Å². The summed E-state index contributed by atoms with van der Waals surface area (Å²) >= 11 is 0. The standard InChI is InChI=1S/C25H22N6O2S/c1-17-5-11-22(12-6-17)34(32,33)30-21-9-7-20(8-10-21)28-24-13-14-31-25(29-24)23(16-27-31)18-3-2-4-19(26)15-18/h2-16,30H,26H2,1H3,(H,28,29). The first-order chi connectivity index (χ1) is 16.4. The summed E-state index contributed by atoms with van der Waals surface area (Å²) in [7, 11) is -3.66. The van der Waals surface area contributed by atoms with E-state index >= 15 is 0 Å². The first-order valence-electron chi connectivity index (χ1n) is 10.5. The lowest BCUT2D eigenvalue weighted by atomic mass is 10.1. The quantitative estimate of drug-likeness (QED) is 0.306. The largest absolute Gasteiger partial charge is 0.399 e. The molecular weight excluding hydrogens is 448 g/mol. The Hall–Kier alpha value is -4.37. The maximum Gasteiger partial charge on any atom is 0.261 e. The Morgan fingerprint density at radius 1 is 0.912 bits per heavy atom. The van der Waals surface area contributed by atoms with Crippen molar-refractivity contribution in [3.8, 4) is 11.1 Å². The summed E-state index contributed by atoms with van der Waals surface area (Å²) in [5, 5.41) is 7.62. The zero-order chi connectivity index (χ0) is 23.7. The second-order valence-electron chi connectivity index (χ2n) is 7.89. The molecule has 0 aliphatic carbocycles. The van der Waals surface area contributed by atoms with Crippen LogP contribution in [0.3, 0.4) is 0 Å². The van der Waals surface area contributed by atoms with Crippen molar-refractivity contribution < 1.29 is 8.42 Å². The molecule has 0 saturated heterocycles. The molecule has 0 atom stereocenters. The lowest BCUT2D eigenvalue weighted by Gasteiger charge is -2.10. The van der Waals surface area contributed by atoms with Gasteiger partial charge in [-0.25, -0.2) is 17.9 Å². The van der Waals surface area contributed by atoms with Crippen LogP contribution in [0, 0.1) is 6.92 Å². The van der Waals surface area contributed by atoms with Crippen LogP contribution in [0.2, 0.25) is 0 Å². The molecule has 3 aromatic carbocycles. The van der Waals surface area contributed by atoms with Crippen LogP contribution in [0.4, 0.5) is 22.9 Å². The van der Waals surface area contributed by atoms with Crippen molar-refractivity contribution in [2.24, 2.45) is 0 Å². The van der Waals surface area contributed by atoms with Crippen molar-refractivity contribution in [3.63, 3.8) is 0 Å². The summed E-state index contributed by atoms with van der Waals surface area (Å²) in [6.45, 7) is 1.91. The van der Waals surface area contributed by atoms with E-state index in [1.54, 1.807) is 59.2 Å². The van der Waals surface area contributed by atoms with Gasteiger partial charge in [-0.15, -0.1) is 0 Å². The maximum atomic E-state index is 12.6. The second-order valence-corrected chi connectivity index (χ2v) is 9.57. The topological polar surface area (TPSA) is 114 Å². The van der Waals surface area contributed by atoms with Crippen molar-refractivity contribution in [1.29, 1.82) is 0 Å². The Kier molecular flexibility index (Phi) is 5.39. The van der Waals surface area contributed by atoms with E-state index < -0.39 is 10.0 Å². The minimum absolute atomic E-state index is 0.217. The monoisotopic (exact) mass is 470 g/mol. The highest BCUT2D eigenvalue weighted by atomic mass is 32.2. The Morgan fingerprint density at radius 2 is 1.65 bits per heavy atom. The molecule has 0 aliphatic rings. The molecule has 2 heterocycles. The molecule has 2 aromatic heterocycles. The number of nitrogens with zero attached hydrogens (tertiary/aromatic N) is 3. The Morgan fingerprint density at radius 3 is 2.38 bits per heavy atom. The van der Waals surface area contributed by atoms with E-state index in [1.165, 1.54) is 0 Å². The first kappa shape index (κ1) is 21.5. The van der Waals surface area contributed by atoms with Gasteiger partial charge >= 0.3 is 0 Å². The third kappa shape index (κ3) is 4.41.